The molecule has 0 bridgehead atoms. The summed E-state index contributed by atoms with van der Waals surface area (Å²) in [5.74, 6) is 0. The number of pyridine rings is 1. The Bertz CT molecular complexity index is 1020. The van der Waals surface area contributed by atoms with Crippen molar-refractivity contribution in [3.8, 4) is 22.3 Å². The number of fused-ring (bicyclic) bond motifs is 1. The van der Waals surface area contributed by atoms with Crippen LogP contribution in [0.2, 0.25) is 0 Å². The summed E-state index contributed by atoms with van der Waals surface area (Å²) in [7, 11) is 0. The fourth-order valence-corrected chi connectivity index (χ4v) is 3.16. The summed E-state index contributed by atoms with van der Waals surface area (Å²) in [4.78, 5) is 4.29. The molecular formula is C21H23Cl3N4. The van der Waals surface area contributed by atoms with Gasteiger partial charge in [0.2, 0.25) is 0 Å². The molecule has 0 spiro atoms. The van der Waals surface area contributed by atoms with E-state index >= 15 is 0 Å². The largest absolute Gasteiger partial charge is 0.322 e. The maximum atomic E-state index is 6.21. The maximum absolute atomic E-state index is 6.21. The van der Waals surface area contributed by atoms with E-state index in [0.29, 0.717) is 0 Å². The first-order valence-electron chi connectivity index (χ1n) is 8.30. The average molecular weight is 438 g/mol. The molecule has 7 heteroatoms. The molecule has 0 aliphatic rings. The molecule has 4 aromatic rings. The van der Waals surface area contributed by atoms with Gasteiger partial charge >= 0.3 is 0 Å². The number of hydrogen-bond acceptors (Lipinski definition) is 3. The lowest BCUT2D eigenvalue weighted by molar-refractivity contribution is 0.554. The van der Waals surface area contributed by atoms with Crippen LogP contribution in [0.5, 0.6) is 0 Å². The van der Waals surface area contributed by atoms with E-state index in [2.05, 4.69) is 57.6 Å². The Morgan fingerprint density at radius 3 is 2.18 bits per heavy atom. The van der Waals surface area contributed by atoms with E-state index < -0.39 is 0 Å². The maximum Gasteiger partial charge on any atom is 0.0657 e. The Labute approximate surface area is 183 Å². The summed E-state index contributed by atoms with van der Waals surface area (Å²) in [5, 5.41) is 8.35. The van der Waals surface area contributed by atoms with Crippen LogP contribution >= 0.6 is 37.2 Å². The molecule has 4 rings (SSSR count). The van der Waals surface area contributed by atoms with Crippen LogP contribution in [-0.2, 0) is 5.54 Å². The number of aromatic amines is 1. The van der Waals surface area contributed by atoms with Crippen molar-refractivity contribution in [3.05, 3.63) is 72.7 Å². The van der Waals surface area contributed by atoms with E-state index in [4.69, 9.17) is 5.73 Å². The van der Waals surface area contributed by atoms with Crippen LogP contribution in [0.25, 0.3) is 33.2 Å². The monoisotopic (exact) mass is 436 g/mol. The second-order valence-electron chi connectivity index (χ2n) is 6.86. The van der Waals surface area contributed by atoms with Crippen molar-refractivity contribution in [1.29, 1.82) is 0 Å². The SMILES string of the molecule is CC(C)(N)c1ccc(-c2ccc3[nH]ncc3c2-c2cccnc2)cc1.Cl.Cl.Cl. The van der Waals surface area contributed by atoms with Gasteiger partial charge in [-0.1, -0.05) is 36.4 Å². The standard InChI is InChI=1S/C21H20N4.3ClH/c1-21(2,22)16-7-5-14(6-8-16)17-9-10-19-18(13-24-25-19)20(17)15-4-3-11-23-12-15;;;/h3-13H,22H2,1-2H3,(H,24,25);3*1H. The highest BCUT2D eigenvalue weighted by atomic mass is 35.5. The highest BCUT2D eigenvalue weighted by Gasteiger charge is 2.16. The van der Waals surface area contributed by atoms with Crippen LogP contribution in [0, 0.1) is 0 Å². The Balaban J connectivity index is 0.00000131. The summed E-state index contributed by atoms with van der Waals surface area (Å²) < 4.78 is 0. The molecule has 0 aliphatic carbocycles. The van der Waals surface area contributed by atoms with Crippen LogP contribution in [0.1, 0.15) is 19.4 Å². The van der Waals surface area contributed by atoms with Gasteiger partial charge < -0.3 is 5.73 Å². The van der Waals surface area contributed by atoms with Crippen molar-refractivity contribution < 1.29 is 0 Å². The van der Waals surface area contributed by atoms with Gasteiger partial charge in [-0.3, -0.25) is 10.1 Å². The predicted molar refractivity (Wildman–Crippen MR) is 124 cm³/mol. The van der Waals surface area contributed by atoms with Gasteiger partial charge in [-0.25, -0.2) is 0 Å². The zero-order valence-electron chi connectivity index (χ0n) is 15.5. The number of benzene rings is 2. The number of aromatic nitrogens is 3. The zero-order valence-corrected chi connectivity index (χ0v) is 18.0. The van der Waals surface area contributed by atoms with E-state index in [9.17, 15) is 0 Å². The summed E-state index contributed by atoms with van der Waals surface area (Å²) in [6, 6.07) is 16.7. The number of nitrogens with one attached hydrogen (secondary N) is 1. The van der Waals surface area contributed by atoms with Gasteiger partial charge in [-0.05, 0) is 42.7 Å². The lowest BCUT2D eigenvalue weighted by atomic mass is 9.90. The van der Waals surface area contributed by atoms with E-state index in [1.165, 1.54) is 0 Å². The van der Waals surface area contributed by atoms with Crippen molar-refractivity contribution in [3.63, 3.8) is 0 Å². The minimum atomic E-state index is -0.348. The third kappa shape index (κ3) is 4.47. The molecule has 0 aliphatic heterocycles. The third-order valence-electron chi connectivity index (χ3n) is 4.51. The van der Waals surface area contributed by atoms with Gasteiger partial charge in [0.1, 0.15) is 0 Å². The summed E-state index contributed by atoms with van der Waals surface area (Å²) in [5.41, 5.74) is 12.5. The lowest BCUT2D eigenvalue weighted by Crippen LogP contribution is -2.28. The van der Waals surface area contributed by atoms with Crippen LogP contribution in [0.3, 0.4) is 0 Å². The highest BCUT2D eigenvalue weighted by molar-refractivity contribution is 6.02. The Kier molecular flexibility index (Phi) is 8.03. The normalized spacial score (nSPS) is 10.5. The molecular weight excluding hydrogens is 415 g/mol. The van der Waals surface area contributed by atoms with E-state index in [1.54, 1.807) is 6.20 Å². The fraction of sp³-hybridized carbons (Fsp3) is 0.143. The molecule has 0 saturated heterocycles. The quantitative estimate of drug-likeness (QED) is 0.429. The fourth-order valence-electron chi connectivity index (χ4n) is 3.16. The van der Waals surface area contributed by atoms with Crippen LogP contribution in [-0.4, -0.2) is 15.2 Å². The van der Waals surface area contributed by atoms with Crippen molar-refractivity contribution in [2.75, 3.05) is 0 Å². The highest BCUT2D eigenvalue weighted by Crippen LogP contribution is 2.37. The van der Waals surface area contributed by atoms with Gasteiger partial charge in [0.05, 0.1) is 11.7 Å². The first-order chi connectivity index (χ1) is 12.0. The summed E-state index contributed by atoms with van der Waals surface area (Å²) >= 11 is 0. The van der Waals surface area contributed by atoms with Gasteiger partial charge in [0.25, 0.3) is 0 Å². The zero-order chi connectivity index (χ0) is 17.4. The second-order valence-corrected chi connectivity index (χ2v) is 6.86. The summed E-state index contributed by atoms with van der Waals surface area (Å²) in [6.07, 6.45) is 5.55. The van der Waals surface area contributed by atoms with Crippen LogP contribution < -0.4 is 5.73 Å². The van der Waals surface area contributed by atoms with Crippen molar-refractivity contribution in [2.24, 2.45) is 5.73 Å². The van der Waals surface area contributed by atoms with E-state index in [1.807, 2.05) is 32.3 Å². The number of halogens is 3. The molecule has 0 atom stereocenters. The van der Waals surface area contributed by atoms with Gasteiger partial charge in [-0.2, -0.15) is 5.10 Å². The Morgan fingerprint density at radius 2 is 1.57 bits per heavy atom. The number of nitrogens with zero attached hydrogens (tertiary/aromatic N) is 2. The molecule has 0 unspecified atom stereocenters. The molecule has 3 N–H and O–H groups in total. The van der Waals surface area contributed by atoms with Crippen LogP contribution in [0.15, 0.2) is 67.1 Å². The summed E-state index contributed by atoms with van der Waals surface area (Å²) in [6.45, 7) is 4.03. The van der Waals surface area contributed by atoms with E-state index in [-0.39, 0.29) is 42.8 Å². The second kappa shape index (κ2) is 9.39. The lowest BCUT2D eigenvalue weighted by Gasteiger charge is -2.20. The molecule has 148 valence electrons. The molecule has 28 heavy (non-hydrogen) atoms. The Hall–Kier alpha value is -2.11. The van der Waals surface area contributed by atoms with Crippen molar-refractivity contribution >= 4 is 48.1 Å². The van der Waals surface area contributed by atoms with Gasteiger partial charge in [0, 0.05) is 34.4 Å². The molecule has 0 radical (unpaired) electrons. The van der Waals surface area contributed by atoms with Gasteiger partial charge in [0.15, 0.2) is 0 Å². The smallest absolute Gasteiger partial charge is 0.0657 e. The molecule has 0 amide bonds. The first-order valence-corrected chi connectivity index (χ1v) is 8.30. The van der Waals surface area contributed by atoms with E-state index in [0.717, 1.165) is 38.7 Å². The topological polar surface area (TPSA) is 67.6 Å². The molecule has 2 aromatic heterocycles. The number of nitrogens with two attached hydrogens (primary N) is 1. The molecule has 0 fully saturated rings. The molecule has 0 saturated carbocycles. The minimum absolute atomic E-state index is 0. The molecule has 2 aromatic carbocycles. The first kappa shape index (κ1) is 23.9. The molecule has 2 heterocycles. The number of H-pyrrole nitrogens is 1. The minimum Gasteiger partial charge on any atom is -0.322 e. The third-order valence-corrected chi connectivity index (χ3v) is 4.51. The van der Waals surface area contributed by atoms with Gasteiger partial charge in [-0.15, -0.1) is 37.2 Å². The van der Waals surface area contributed by atoms with Crippen molar-refractivity contribution in [2.45, 2.75) is 19.4 Å². The number of hydrogen-bond donors (Lipinski definition) is 2. The van der Waals surface area contributed by atoms with Crippen LogP contribution in [0.4, 0.5) is 0 Å². The Morgan fingerprint density at radius 1 is 0.857 bits per heavy atom. The number of rotatable bonds is 3. The van der Waals surface area contributed by atoms with Crippen molar-refractivity contribution in [1.82, 2.24) is 15.2 Å². The molecule has 4 nitrogen and oxygen atoms in total. The predicted octanol–water partition coefficient (Wildman–Crippen LogP) is 5.75. The average Bonchev–Trinajstić information content (AvgIpc) is 3.09.